The van der Waals surface area contributed by atoms with E-state index in [9.17, 15) is 4.79 Å². The Labute approximate surface area is 181 Å². The Morgan fingerprint density at radius 1 is 1.29 bits per heavy atom. The summed E-state index contributed by atoms with van der Waals surface area (Å²) in [5.74, 6) is 1.17. The lowest BCUT2D eigenvalue weighted by Crippen LogP contribution is -2.47. The lowest BCUT2D eigenvalue weighted by molar-refractivity contribution is -0.121. The first-order valence-electron chi connectivity index (χ1n) is 10.6. The van der Waals surface area contributed by atoms with Gasteiger partial charge in [0.15, 0.2) is 5.82 Å². The summed E-state index contributed by atoms with van der Waals surface area (Å²) < 4.78 is 5.17. The highest BCUT2D eigenvalue weighted by Gasteiger charge is 2.25. The van der Waals surface area contributed by atoms with E-state index in [2.05, 4.69) is 77.8 Å². The molecule has 3 aromatic rings. The predicted molar refractivity (Wildman–Crippen MR) is 114 cm³/mol. The molecule has 0 radical (unpaired) electrons. The van der Waals surface area contributed by atoms with E-state index in [1.807, 2.05) is 0 Å². The van der Waals surface area contributed by atoms with Crippen molar-refractivity contribution >= 4 is 5.91 Å². The maximum absolute atomic E-state index is 12.2. The molecule has 4 rings (SSSR count). The van der Waals surface area contributed by atoms with E-state index in [-0.39, 0.29) is 5.91 Å². The van der Waals surface area contributed by atoms with E-state index in [0.29, 0.717) is 43.0 Å². The van der Waals surface area contributed by atoms with Crippen molar-refractivity contribution in [3.05, 3.63) is 48.1 Å². The van der Waals surface area contributed by atoms with Gasteiger partial charge in [0.05, 0.1) is 0 Å². The van der Waals surface area contributed by atoms with Crippen LogP contribution in [0.15, 0.2) is 41.2 Å². The normalized spacial score (nSPS) is 17.6. The average Bonchev–Trinajstić information content (AvgIpc) is 3.48. The number of carbonyl (C=O) groups excluding carboxylic acids is 1. The molecule has 1 atom stereocenters. The highest BCUT2D eigenvalue weighted by atomic mass is 16.5. The van der Waals surface area contributed by atoms with E-state index in [4.69, 9.17) is 4.52 Å². The number of aryl methyl sites for hydroxylation is 1. The van der Waals surface area contributed by atoms with Crippen LogP contribution in [-0.4, -0.2) is 80.8 Å². The second-order valence-corrected chi connectivity index (χ2v) is 7.77. The molecular formula is C21H28N8O2. The quantitative estimate of drug-likeness (QED) is 0.494. The topological polar surface area (TPSA) is 116 Å². The zero-order valence-corrected chi connectivity index (χ0v) is 17.7. The van der Waals surface area contributed by atoms with Crippen molar-refractivity contribution in [1.29, 1.82) is 0 Å². The molecule has 1 aliphatic heterocycles. The minimum atomic E-state index is -0.0163. The molecule has 3 heterocycles. The number of rotatable bonds is 9. The maximum atomic E-state index is 12.2. The van der Waals surface area contributed by atoms with Gasteiger partial charge in [-0.05, 0) is 19.0 Å². The van der Waals surface area contributed by atoms with Gasteiger partial charge in [-0.15, -0.1) is 0 Å². The Morgan fingerprint density at radius 3 is 2.97 bits per heavy atom. The summed E-state index contributed by atoms with van der Waals surface area (Å²) in [6.07, 6.45) is 2.98. The Hall–Kier alpha value is -3.11. The van der Waals surface area contributed by atoms with Crippen LogP contribution in [0.1, 0.15) is 30.3 Å². The Balaban J connectivity index is 1.18. The van der Waals surface area contributed by atoms with Crippen LogP contribution < -0.4 is 5.32 Å². The van der Waals surface area contributed by atoms with Crippen molar-refractivity contribution in [2.75, 3.05) is 39.8 Å². The number of nitrogens with zero attached hydrogens (tertiary/aromatic N) is 6. The number of nitrogens with one attached hydrogen (secondary N) is 2. The molecule has 1 unspecified atom stereocenters. The Morgan fingerprint density at radius 2 is 2.16 bits per heavy atom. The smallest absolute Gasteiger partial charge is 0.239 e. The maximum Gasteiger partial charge on any atom is 0.239 e. The first-order chi connectivity index (χ1) is 15.2. The number of carbonyl (C=O) groups is 1. The fourth-order valence-corrected chi connectivity index (χ4v) is 3.80. The molecular weight excluding hydrogens is 396 g/mol. The second kappa shape index (κ2) is 10.3. The number of hydrogen-bond donors (Lipinski definition) is 2. The molecule has 2 aromatic heterocycles. The van der Waals surface area contributed by atoms with Crippen LogP contribution in [0.2, 0.25) is 0 Å². The third kappa shape index (κ3) is 5.74. The molecule has 10 nitrogen and oxygen atoms in total. The first kappa shape index (κ1) is 21.1. The Bertz CT molecular complexity index is 943. The van der Waals surface area contributed by atoms with Gasteiger partial charge in [0.1, 0.15) is 6.33 Å². The number of amides is 1. The fourth-order valence-electron chi connectivity index (χ4n) is 3.80. The molecule has 0 bridgehead atoms. The van der Waals surface area contributed by atoms with Crippen molar-refractivity contribution in [2.24, 2.45) is 0 Å². The van der Waals surface area contributed by atoms with Crippen molar-refractivity contribution < 1.29 is 9.32 Å². The molecule has 164 valence electrons. The number of aromatic nitrogens is 5. The molecule has 31 heavy (non-hydrogen) atoms. The van der Waals surface area contributed by atoms with E-state index in [1.54, 1.807) is 0 Å². The molecule has 0 spiro atoms. The third-order valence-electron chi connectivity index (χ3n) is 5.48. The van der Waals surface area contributed by atoms with Crippen LogP contribution in [0.5, 0.6) is 0 Å². The van der Waals surface area contributed by atoms with Crippen LogP contribution in [0.25, 0.3) is 11.6 Å². The van der Waals surface area contributed by atoms with Crippen LogP contribution in [0.4, 0.5) is 0 Å². The van der Waals surface area contributed by atoms with Crippen molar-refractivity contribution in [2.45, 2.75) is 25.3 Å². The van der Waals surface area contributed by atoms with Gasteiger partial charge < -0.3 is 14.7 Å². The fraction of sp³-hybridized carbons (Fsp3) is 0.476. The van der Waals surface area contributed by atoms with Crippen molar-refractivity contribution in [1.82, 2.24) is 40.4 Å². The molecule has 0 aliphatic carbocycles. The summed E-state index contributed by atoms with van der Waals surface area (Å²) in [4.78, 5) is 25.3. The largest absolute Gasteiger partial charge is 0.356 e. The lowest BCUT2D eigenvalue weighted by atomic mass is 10.0. The molecule has 1 aliphatic rings. The molecule has 1 fully saturated rings. The van der Waals surface area contributed by atoms with Gasteiger partial charge in [-0.3, -0.25) is 14.8 Å². The predicted octanol–water partition coefficient (Wildman–Crippen LogP) is 1.28. The number of hydrogen-bond acceptors (Lipinski definition) is 8. The van der Waals surface area contributed by atoms with Crippen LogP contribution >= 0.6 is 0 Å². The van der Waals surface area contributed by atoms with Gasteiger partial charge in [0.2, 0.25) is 17.6 Å². The van der Waals surface area contributed by atoms with Gasteiger partial charge in [0, 0.05) is 51.6 Å². The molecule has 2 N–H and O–H groups in total. The van der Waals surface area contributed by atoms with Gasteiger partial charge >= 0.3 is 0 Å². The first-order valence-corrected chi connectivity index (χ1v) is 10.6. The average molecular weight is 425 g/mol. The standard InChI is InChI=1S/C21H28N8O2/c1-28-12-13-29(17(14-28)16-6-3-2-4-7-16)11-5-10-22-18(30)8-9-19-25-21(27-31-19)20-23-15-24-26-20/h2-4,6-7,15,17H,5,8-14H2,1H3,(H,22,30)(H,23,24,26). The number of benzene rings is 1. The van der Waals surface area contributed by atoms with E-state index < -0.39 is 0 Å². The summed E-state index contributed by atoms with van der Waals surface area (Å²) in [6.45, 7) is 4.74. The number of H-pyrrole nitrogens is 1. The van der Waals surface area contributed by atoms with Crippen LogP contribution in [-0.2, 0) is 11.2 Å². The lowest BCUT2D eigenvalue weighted by Gasteiger charge is -2.40. The minimum Gasteiger partial charge on any atom is -0.356 e. The summed E-state index contributed by atoms with van der Waals surface area (Å²) in [6, 6.07) is 11.0. The van der Waals surface area contributed by atoms with Gasteiger partial charge in [-0.1, -0.05) is 35.5 Å². The van der Waals surface area contributed by atoms with E-state index >= 15 is 0 Å². The molecule has 1 aromatic carbocycles. The highest BCUT2D eigenvalue weighted by molar-refractivity contribution is 5.75. The van der Waals surface area contributed by atoms with Gasteiger partial charge in [-0.25, -0.2) is 4.98 Å². The van der Waals surface area contributed by atoms with E-state index in [0.717, 1.165) is 32.6 Å². The summed E-state index contributed by atoms with van der Waals surface area (Å²) >= 11 is 0. The zero-order valence-electron chi connectivity index (χ0n) is 17.7. The van der Waals surface area contributed by atoms with Gasteiger partial charge in [-0.2, -0.15) is 10.1 Å². The Kier molecular flexibility index (Phi) is 7.00. The van der Waals surface area contributed by atoms with Crippen LogP contribution in [0.3, 0.4) is 0 Å². The molecule has 10 heteroatoms. The summed E-state index contributed by atoms with van der Waals surface area (Å²) in [5, 5.41) is 13.3. The number of likely N-dealkylation sites (N-methyl/N-ethyl adjacent to an activating group) is 1. The molecule has 1 amide bonds. The SMILES string of the molecule is CN1CCN(CCCNC(=O)CCc2nc(-c3ncn[nH]3)no2)C(c2ccccc2)C1. The number of aromatic amines is 1. The molecule has 1 saturated heterocycles. The zero-order chi connectivity index (χ0) is 21.5. The number of piperazine rings is 1. The minimum absolute atomic E-state index is 0.0163. The molecule has 0 saturated carbocycles. The van der Waals surface area contributed by atoms with Crippen molar-refractivity contribution in [3.63, 3.8) is 0 Å². The monoisotopic (exact) mass is 424 g/mol. The highest BCUT2D eigenvalue weighted by Crippen LogP contribution is 2.24. The summed E-state index contributed by atoms with van der Waals surface area (Å²) in [7, 11) is 2.17. The third-order valence-corrected chi connectivity index (χ3v) is 5.48. The van der Waals surface area contributed by atoms with Crippen molar-refractivity contribution in [3.8, 4) is 11.6 Å². The van der Waals surface area contributed by atoms with E-state index in [1.165, 1.54) is 11.9 Å². The summed E-state index contributed by atoms with van der Waals surface area (Å²) in [5.41, 5.74) is 1.35. The van der Waals surface area contributed by atoms with Gasteiger partial charge in [0.25, 0.3) is 0 Å². The van der Waals surface area contributed by atoms with Crippen LogP contribution in [0, 0.1) is 0 Å². The second-order valence-electron chi connectivity index (χ2n) is 7.77.